The smallest absolute Gasteiger partial charge is 0.246 e. The maximum Gasteiger partial charge on any atom is 0.246 e. The summed E-state index contributed by atoms with van der Waals surface area (Å²) in [5, 5.41) is 0. The first-order valence-electron chi connectivity index (χ1n) is 14.2. The Hall–Kier alpha value is -5.48. The maximum absolute atomic E-state index is 13.6. The van der Waals surface area contributed by atoms with Gasteiger partial charge in [0.25, 0.3) is 0 Å². The normalized spacial score (nSPS) is 13.2. The van der Waals surface area contributed by atoms with Gasteiger partial charge in [0.05, 0.1) is 5.69 Å². The first-order chi connectivity index (χ1) is 20.7. The first-order valence-corrected chi connectivity index (χ1v) is 14.2. The summed E-state index contributed by atoms with van der Waals surface area (Å²) in [7, 11) is 0. The molecular weight excluding hydrogens is 513 g/mol. The molecule has 3 nitrogen and oxygen atoms in total. The molecule has 0 saturated heterocycles. The van der Waals surface area contributed by atoms with E-state index in [4.69, 9.17) is 0 Å². The van der Waals surface area contributed by atoms with Crippen LogP contribution >= 0.6 is 0 Å². The molecule has 6 aromatic rings. The molecule has 0 atom stereocenters. The molecular formula is C38H24BNO2. The number of carbonyl (C=O) groups is 2. The molecule has 8 rings (SSSR count). The van der Waals surface area contributed by atoms with Crippen molar-refractivity contribution in [1.29, 1.82) is 0 Å². The van der Waals surface area contributed by atoms with Gasteiger partial charge in [0.1, 0.15) is 0 Å². The Morgan fingerprint density at radius 1 is 0.405 bits per heavy atom. The summed E-state index contributed by atoms with van der Waals surface area (Å²) >= 11 is 0. The van der Waals surface area contributed by atoms with Crippen LogP contribution in [0.15, 0.2) is 146 Å². The van der Waals surface area contributed by atoms with Crippen molar-refractivity contribution >= 4 is 51.7 Å². The second-order valence-corrected chi connectivity index (χ2v) is 10.8. The predicted molar refractivity (Wildman–Crippen MR) is 171 cm³/mol. The molecule has 0 aromatic heterocycles. The standard InChI is InChI=1S/C38H24BNO2/c41-37-28-15-4-5-16-29(28)38(42)31-24-25(22-23-30(31)37)27-14-6-9-19-34(27)40-35-20-10-7-17-32(35)39(26-12-2-1-3-13-26)33-18-8-11-21-36(33)40/h1-24H. The Morgan fingerprint density at radius 2 is 0.881 bits per heavy atom. The molecule has 0 N–H and O–H groups in total. The number of hydrogen-bond donors (Lipinski definition) is 0. The lowest BCUT2D eigenvalue weighted by Crippen LogP contribution is -2.57. The van der Waals surface area contributed by atoms with Crippen molar-refractivity contribution in [3.05, 3.63) is 168 Å². The van der Waals surface area contributed by atoms with E-state index < -0.39 is 0 Å². The van der Waals surface area contributed by atoms with E-state index in [9.17, 15) is 9.59 Å². The van der Waals surface area contributed by atoms with Crippen LogP contribution in [-0.4, -0.2) is 18.3 Å². The van der Waals surface area contributed by atoms with Gasteiger partial charge in [-0.15, -0.1) is 0 Å². The summed E-state index contributed by atoms with van der Waals surface area (Å²) in [5.41, 5.74) is 10.7. The van der Waals surface area contributed by atoms with Crippen molar-refractivity contribution in [3.8, 4) is 11.1 Å². The van der Waals surface area contributed by atoms with E-state index in [-0.39, 0.29) is 18.3 Å². The van der Waals surface area contributed by atoms with Gasteiger partial charge in [-0.3, -0.25) is 9.59 Å². The van der Waals surface area contributed by atoms with E-state index in [0.29, 0.717) is 22.3 Å². The highest BCUT2D eigenvalue weighted by Crippen LogP contribution is 2.42. The highest BCUT2D eigenvalue weighted by Gasteiger charge is 2.36. The SMILES string of the molecule is O=C1c2ccccc2C(=O)c2cc(-c3ccccc3N3c4ccccc4B(c4ccccc4)c4ccccc43)ccc21. The maximum atomic E-state index is 13.6. The number of ketones is 2. The van der Waals surface area contributed by atoms with Gasteiger partial charge in [-0.2, -0.15) is 0 Å². The lowest BCUT2D eigenvalue weighted by molar-refractivity contribution is 0.0979. The summed E-state index contributed by atoms with van der Waals surface area (Å²) < 4.78 is 0. The second-order valence-electron chi connectivity index (χ2n) is 10.8. The number of rotatable bonds is 3. The van der Waals surface area contributed by atoms with Crippen molar-refractivity contribution in [1.82, 2.24) is 0 Å². The molecule has 0 unspecified atom stereocenters. The molecule has 0 bridgehead atoms. The van der Waals surface area contributed by atoms with E-state index in [0.717, 1.165) is 28.2 Å². The van der Waals surface area contributed by atoms with Gasteiger partial charge in [0.15, 0.2) is 11.6 Å². The van der Waals surface area contributed by atoms with Gasteiger partial charge in [0.2, 0.25) is 6.71 Å². The van der Waals surface area contributed by atoms with Crippen LogP contribution in [0.3, 0.4) is 0 Å². The summed E-state index contributed by atoms with van der Waals surface area (Å²) in [6.07, 6.45) is 0. The summed E-state index contributed by atoms with van der Waals surface area (Å²) in [4.78, 5) is 29.2. The number of para-hydroxylation sites is 3. The van der Waals surface area contributed by atoms with Crippen molar-refractivity contribution in [2.24, 2.45) is 0 Å². The number of fused-ring (bicyclic) bond motifs is 4. The zero-order valence-electron chi connectivity index (χ0n) is 22.7. The van der Waals surface area contributed by atoms with Gasteiger partial charge < -0.3 is 4.90 Å². The highest BCUT2D eigenvalue weighted by molar-refractivity contribution is 6.98. The first kappa shape index (κ1) is 24.3. The third kappa shape index (κ3) is 3.62. The third-order valence-electron chi connectivity index (χ3n) is 8.49. The molecule has 0 spiro atoms. The van der Waals surface area contributed by atoms with Crippen LogP contribution in [-0.2, 0) is 0 Å². The largest absolute Gasteiger partial charge is 0.311 e. The minimum Gasteiger partial charge on any atom is -0.311 e. The van der Waals surface area contributed by atoms with Crippen molar-refractivity contribution in [3.63, 3.8) is 0 Å². The minimum atomic E-state index is -0.112. The van der Waals surface area contributed by atoms with Crippen molar-refractivity contribution < 1.29 is 9.59 Å². The number of benzene rings is 6. The molecule has 2 aliphatic rings. The van der Waals surface area contributed by atoms with Gasteiger partial charge in [-0.1, -0.05) is 121 Å². The van der Waals surface area contributed by atoms with Crippen LogP contribution in [0, 0.1) is 0 Å². The van der Waals surface area contributed by atoms with Gasteiger partial charge in [-0.05, 0) is 46.8 Å². The van der Waals surface area contributed by atoms with Gasteiger partial charge in [-0.25, -0.2) is 0 Å². The van der Waals surface area contributed by atoms with Crippen LogP contribution in [0.1, 0.15) is 31.8 Å². The fourth-order valence-corrected chi connectivity index (χ4v) is 6.61. The number of hydrogen-bond acceptors (Lipinski definition) is 3. The average molecular weight is 537 g/mol. The van der Waals surface area contributed by atoms with Gasteiger partial charge in [0, 0.05) is 39.2 Å². The molecule has 0 saturated carbocycles. The van der Waals surface area contributed by atoms with E-state index in [1.165, 1.54) is 16.4 Å². The van der Waals surface area contributed by atoms with E-state index in [1.807, 2.05) is 24.3 Å². The van der Waals surface area contributed by atoms with Crippen LogP contribution in [0.25, 0.3) is 11.1 Å². The monoisotopic (exact) mass is 537 g/mol. The molecule has 42 heavy (non-hydrogen) atoms. The van der Waals surface area contributed by atoms with Crippen molar-refractivity contribution in [2.45, 2.75) is 0 Å². The minimum absolute atomic E-state index is 0.106. The molecule has 1 aliphatic heterocycles. The third-order valence-corrected chi connectivity index (χ3v) is 8.49. The Bertz CT molecular complexity index is 2000. The zero-order chi connectivity index (χ0) is 28.2. The quantitative estimate of drug-likeness (QED) is 0.244. The van der Waals surface area contributed by atoms with Gasteiger partial charge >= 0.3 is 0 Å². The molecule has 4 heteroatoms. The second kappa shape index (κ2) is 9.57. The zero-order valence-corrected chi connectivity index (χ0v) is 22.7. The topological polar surface area (TPSA) is 37.4 Å². The van der Waals surface area contributed by atoms with E-state index >= 15 is 0 Å². The summed E-state index contributed by atoms with van der Waals surface area (Å²) in [6, 6.07) is 48.9. The molecule has 0 fully saturated rings. The van der Waals surface area contributed by atoms with Crippen molar-refractivity contribution in [2.75, 3.05) is 4.90 Å². The number of nitrogens with zero attached hydrogens (tertiary/aromatic N) is 1. The van der Waals surface area contributed by atoms with Crippen LogP contribution in [0.4, 0.5) is 17.1 Å². The van der Waals surface area contributed by atoms with Crippen LogP contribution in [0.5, 0.6) is 0 Å². The Labute approximate surface area is 244 Å². The molecule has 0 amide bonds. The number of anilines is 3. The summed E-state index contributed by atoms with van der Waals surface area (Å²) in [6.45, 7) is 0.106. The lowest BCUT2D eigenvalue weighted by Gasteiger charge is -2.38. The Kier molecular flexibility index (Phi) is 5.54. The number of carbonyl (C=O) groups excluding carboxylic acids is 2. The molecule has 6 aromatic carbocycles. The fraction of sp³-hybridized carbons (Fsp3) is 0. The Morgan fingerprint density at radius 3 is 1.52 bits per heavy atom. The summed E-state index contributed by atoms with van der Waals surface area (Å²) in [5.74, 6) is -0.218. The molecule has 1 aliphatic carbocycles. The molecule has 1 heterocycles. The molecule has 196 valence electrons. The van der Waals surface area contributed by atoms with Crippen LogP contribution < -0.4 is 21.3 Å². The Balaban J connectivity index is 1.32. The van der Waals surface area contributed by atoms with Crippen LogP contribution in [0.2, 0.25) is 0 Å². The fourth-order valence-electron chi connectivity index (χ4n) is 6.61. The van der Waals surface area contributed by atoms with E-state index in [2.05, 4.69) is 102 Å². The average Bonchev–Trinajstić information content (AvgIpc) is 3.06. The molecule has 0 radical (unpaired) electrons. The predicted octanol–water partition coefficient (Wildman–Crippen LogP) is 6.43. The highest BCUT2D eigenvalue weighted by atomic mass is 16.1. The lowest BCUT2D eigenvalue weighted by atomic mass is 9.35. The van der Waals surface area contributed by atoms with E-state index in [1.54, 1.807) is 24.3 Å².